The Bertz CT molecular complexity index is 388. The molecule has 1 N–H and O–H groups in total. The summed E-state index contributed by atoms with van der Waals surface area (Å²) in [6.07, 6.45) is 3.51. The van der Waals surface area contributed by atoms with E-state index in [1.165, 1.54) is 6.92 Å². The first-order valence-corrected chi connectivity index (χ1v) is 5.05. The molecule has 0 aliphatic carbocycles. The zero-order valence-corrected chi connectivity index (χ0v) is 10.4. The van der Waals surface area contributed by atoms with Gasteiger partial charge in [0, 0.05) is 11.9 Å². The minimum absolute atomic E-state index is 0.246. The van der Waals surface area contributed by atoms with Gasteiger partial charge < -0.3 is 5.11 Å². The van der Waals surface area contributed by atoms with Gasteiger partial charge in [0.2, 0.25) is 0 Å². The van der Waals surface area contributed by atoms with E-state index in [4.69, 9.17) is 5.11 Å². The van der Waals surface area contributed by atoms with E-state index in [0.717, 1.165) is 5.70 Å². The highest BCUT2D eigenvalue weighted by molar-refractivity contribution is 6.00. The molecule has 0 amide bonds. The van der Waals surface area contributed by atoms with E-state index in [2.05, 4.69) is 9.98 Å². The molecule has 0 spiro atoms. The molecule has 0 aliphatic heterocycles. The number of allylic oxidation sites excluding steroid dienone is 3. The van der Waals surface area contributed by atoms with Gasteiger partial charge in [0.15, 0.2) is 0 Å². The van der Waals surface area contributed by atoms with Gasteiger partial charge in [0.05, 0.1) is 17.0 Å². The molecule has 0 saturated carbocycles. The number of aliphatic imine (C=N–C) groups is 2. The fourth-order valence-electron chi connectivity index (χ4n) is 1.06. The lowest BCUT2D eigenvalue weighted by Crippen LogP contribution is -2.01. The number of rotatable bonds is 4. The number of carbonyl (C=O) groups is 1. The highest BCUT2D eigenvalue weighted by Crippen LogP contribution is 2.09. The van der Waals surface area contributed by atoms with E-state index in [1.807, 2.05) is 19.9 Å². The summed E-state index contributed by atoms with van der Waals surface area (Å²) in [5.74, 6) is -0.949. The minimum atomic E-state index is -0.949. The first-order valence-electron chi connectivity index (χ1n) is 5.05. The quantitative estimate of drug-likeness (QED) is 0.587. The first-order chi connectivity index (χ1) is 7.43. The van der Waals surface area contributed by atoms with Crippen LogP contribution in [-0.4, -0.2) is 23.0 Å². The van der Waals surface area contributed by atoms with Crippen molar-refractivity contribution in [1.29, 1.82) is 0 Å². The van der Waals surface area contributed by atoms with Gasteiger partial charge >= 0.3 is 5.97 Å². The predicted octanol–water partition coefficient (Wildman–Crippen LogP) is 2.82. The Balaban J connectivity index is 5.20. The molecule has 0 radical (unpaired) electrons. The summed E-state index contributed by atoms with van der Waals surface area (Å²) in [6.45, 7) is 8.70. The molecule has 0 unspecified atom stereocenters. The Labute approximate surface area is 96.1 Å². The third-order valence-electron chi connectivity index (χ3n) is 2.11. The molecule has 0 aliphatic rings. The summed E-state index contributed by atoms with van der Waals surface area (Å²) in [4.78, 5) is 19.1. The van der Waals surface area contributed by atoms with E-state index in [1.54, 1.807) is 20.1 Å². The summed E-state index contributed by atoms with van der Waals surface area (Å²) in [5.41, 5.74) is 2.20. The van der Waals surface area contributed by atoms with Crippen LogP contribution in [0.3, 0.4) is 0 Å². The predicted molar refractivity (Wildman–Crippen MR) is 67.0 cm³/mol. The van der Waals surface area contributed by atoms with Crippen LogP contribution >= 0.6 is 0 Å². The lowest BCUT2D eigenvalue weighted by molar-refractivity contribution is -0.132. The normalized spacial score (nSPS) is 15.3. The summed E-state index contributed by atoms with van der Waals surface area (Å²) < 4.78 is 0. The maximum absolute atomic E-state index is 10.7. The van der Waals surface area contributed by atoms with Crippen molar-refractivity contribution >= 4 is 17.9 Å². The summed E-state index contributed by atoms with van der Waals surface area (Å²) >= 11 is 0. The van der Waals surface area contributed by atoms with Gasteiger partial charge in [-0.25, -0.2) is 4.79 Å². The molecule has 0 aromatic carbocycles. The molecule has 4 heteroatoms. The molecule has 0 saturated heterocycles. The monoisotopic (exact) mass is 222 g/mol. The van der Waals surface area contributed by atoms with Crippen molar-refractivity contribution in [2.75, 3.05) is 0 Å². The molecule has 16 heavy (non-hydrogen) atoms. The van der Waals surface area contributed by atoms with Crippen molar-refractivity contribution in [3.63, 3.8) is 0 Å². The maximum atomic E-state index is 10.7. The van der Waals surface area contributed by atoms with Gasteiger partial charge in [-0.15, -0.1) is 0 Å². The number of aliphatic carboxylic acids is 1. The summed E-state index contributed by atoms with van der Waals surface area (Å²) in [6, 6.07) is 0. The van der Waals surface area contributed by atoms with Crippen LogP contribution in [-0.2, 0) is 4.79 Å². The van der Waals surface area contributed by atoms with Gasteiger partial charge in [-0.1, -0.05) is 6.08 Å². The van der Waals surface area contributed by atoms with Crippen LogP contribution in [0.1, 0.15) is 34.6 Å². The summed E-state index contributed by atoms with van der Waals surface area (Å²) in [7, 11) is 0. The third kappa shape index (κ3) is 4.21. The van der Waals surface area contributed by atoms with Gasteiger partial charge in [-0.2, -0.15) is 0 Å². The number of hydrogen-bond donors (Lipinski definition) is 1. The highest BCUT2D eigenvalue weighted by Gasteiger charge is 2.05. The van der Waals surface area contributed by atoms with Crippen molar-refractivity contribution in [1.82, 2.24) is 0 Å². The van der Waals surface area contributed by atoms with Crippen LogP contribution in [0.15, 0.2) is 33.0 Å². The molecule has 0 rings (SSSR count). The highest BCUT2D eigenvalue weighted by atomic mass is 16.4. The Morgan fingerprint density at radius 2 is 1.75 bits per heavy atom. The lowest BCUT2D eigenvalue weighted by Gasteiger charge is -2.02. The molecule has 0 fully saturated rings. The van der Waals surface area contributed by atoms with Gasteiger partial charge in [0.25, 0.3) is 0 Å². The second kappa shape index (κ2) is 6.71. The van der Waals surface area contributed by atoms with E-state index in [0.29, 0.717) is 11.4 Å². The molecule has 0 aromatic rings. The maximum Gasteiger partial charge on any atom is 0.333 e. The standard InChI is InChI=1S/C12H18N2O2/c1-6-11(13-7-2)10(5)14-9(4)8(3)12(15)16/h6-7H,1-5H3,(H,15,16)/b9-8+,11-6-,13-7?,14-10+. The van der Waals surface area contributed by atoms with E-state index in [9.17, 15) is 4.79 Å². The Morgan fingerprint density at radius 3 is 2.12 bits per heavy atom. The number of carboxylic acids is 1. The van der Waals surface area contributed by atoms with Crippen LogP contribution in [0.25, 0.3) is 0 Å². The fourth-order valence-corrected chi connectivity index (χ4v) is 1.06. The summed E-state index contributed by atoms with van der Waals surface area (Å²) in [5, 5.41) is 8.79. The minimum Gasteiger partial charge on any atom is -0.478 e. The Hall–Kier alpha value is -1.71. The molecule has 0 bridgehead atoms. The Morgan fingerprint density at radius 1 is 1.19 bits per heavy atom. The molecule has 0 heterocycles. The van der Waals surface area contributed by atoms with Crippen molar-refractivity contribution in [2.45, 2.75) is 34.6 Å². The van der Waals surface area contributed by atoms with Gasteiger partial charge in [-0.3, -0.25) is 9.98 Å². The second-order valence-corrected chi connectivity index (χ2v) is 3.27. The fraction of sp³-hybridized carbons (Fsp3) is 0.417. The number of carboxylic acid groups (broad SMARTS) is 1. The van der Waals surface area contributed by atoms with Crippen molar-refractivity contribution in [2.24, 2.45) is 9.98 Å². The van der Waals surface area contributed by atoms with Crippen molar-refractivity contribution < 1.29 is 9.90 Å². The molecule has 0 atom stereocenters. The molecular weight excluding hydrogens is 204 g/mol. The van der Waals surface area contributed by atoms with Crippen LogP contribution in [0, 0.1) is 0 Å². The number of hydrogen-bond acceptors (Lipinski definition) is 3. The number of nitrogens with zero attached hydrogens (tertiary/aromatic N) is 2. The lowest BCUT2D eigenvalue weighted by atomic mass is 10.2. The van der Waals surface area contributed by atoms with E-state index >= 15 is 0 Å². The molecule has 88 valence electrons. The van der Waals surface area contributed by atoms with Gasteiger partial charge in [-0.05, 0) is 34.6 Å². The topological polar surface area (TPSA) is 62.0 Å². The van der Waals surface area contributed by atoms with Crippen LogP contribution < -0.4 is 0 Å². The SMILES string of the molecule is CC=NC(=C\C)/C(C)=N/C(C)=C(\C)C(=O)O. The zero-order chi connectivity index (χ0) is 12.7. The van der Waals surface area contributed by atoms with Crippen LogP contribution in [0.2, 0.25) is 0 Å². The molecule has 0 aromatic heterocycles. The zero-order valence-electron chi connectivity index (χ0n) is 10.4. The second-order valence-electron chi connectivity index (χ2n) is 3.27. The van der Waals surface area contributed by atoms with Crippen LogP contribution in [0.4, 0.5) is 0 Å². The van der Waals surface area contributed by atoms with E-state index in [-0.39, 0.29) is 5.57 Å². The van der Waals surface area contributed by atoms with Crippen LogP contribution in [0.5, 0.6) is 0 Å². The smallest absolute Gasteiger partial charge is 0.333 e. The molecule has 4 nitrogen and oxygen atoms in total. The van der Waals surface area contributed by atoms with Crippen molar-refractivity contribution in [3.8, 4) is 0 Å². The Kier molecular flexibility index (Phi) is 6.00. The largest absolute Gasteiger partial charge is 0.478 e. The van der Waals surface area contributed by atoms with Crippen molar-refractivity contribution in [3.05, 3.63) is 23.0 Å². The third-order valence-corrected chi connectivity index (χ3v) is 2.11. The molecular formula is C12H18N2O2. The first kappa shape index (κ1) is 14.3. The van der Waals surface area contributed by atoms with E-state index < -0.39 is 5.97 Å². The van der Waals surface area contributed by atoms with Gasteiger partial charge in [0.1, 0.15) is 0 Å². The average Bonchev–Trinajstić information content (AvgIpc) is 2.24. The average molecular weight is 222 g/mol.